The molecule has 0 aliphatic carbocycles. The van der Waals surface area contributed by atoms with E-state index in [0.29, 0.717) is 0 Å². The van der Waals surface area contributed by atoms with Crippen molar-refractivity contribution in [2.24, 2.45) is 0 Å². The van der Waals surface area contributed by atoms with Gasteiger partial charge in [-0.1, -0.05) is 0 Å². The van der Waals surface area contributed by atoms with Crippen molar-refractivity contribution in [2.45, 2.75) is 12.2 Å². The van der Waals surface area contributed by atoms with Crippen LogP contribution in [0.5, 0.6) is 0 Å². The third-order valence-electron chi connectivity index (χ3n) is 2.66. The molecule has 0 aromatic heterocycles. The van der Waals surface area contributed by atoms with E-state index in [2.05, 4.69) is 41.8 Å². The minimum atomic E-state index is 0.746. The predicted octanol–water partition coefficient (Wildman–Crippen LogP) is 2.84. The van der Waals surface area contributed by atoms with Crippen molar-refractivity contribution in [1.29, 1.82) is 0 Å². The second kappa shape index (κ2) is 5.73. The van der Waals surface area contributed by atoms with Crippen molar-refractivity contribution >= 4 is 34.9 Å². The van der Waals surface area contributed by atoms with Crippen LogP contribution >= 0.6 is 23.5 Å². The SMILES string of the molecule is Cc1cc(N)ccc1NCC1CSCCS1. The molecule has 0 amide bonds. The van der Waals surface area contributed by atoms with Crippen LogP contribution in [0.2, 0.25) is 0 Å². The largest absolute Gasteiger partial charge is 0.399 e. The molecule has 2 rings (SSSR count). The summed E-state index contributed by atoms with van der Waals surface area (Å²) in [6, 6.07) is 6.05. The third kappa shape index (κ3) is 3.25. The van der Waals surface area contributed by atoms with Crippen molar-refractivity contribution in [1.82, 2.24) is 0 Å². The summed E-state index contributed by atoms with van der Waals surface area (Å²) in [4.78, 5) is 0. The van der Waals surface area contributed by atoms with E-state index in [4.69, 9.17) is 5.73 Å². The smallest absolute Gasteiger partial charge is 0.0371 e. The average Bonchev–Trinajstić information content (AvgIpc) is 2.29. The van der Waals surface area contributed by atoms with Gasteiger partial charge in [-0.3, -0.25) is 0 Å². The normalized spacial score (nSPS) is 20.7. The van der Waals surface area contributed by atoms with Crippen LogP contribution in [0.3, 0.4) is 0 Å². The zero-order chi connectivity index (χ0) is 11.4. The molecule has 0 saturated carbocycles. The van der Waals surface area contributed by atoms with Gasteiger partial charge in [0.15, 0.2) is 0 Å². The molecule has 0 bridgehead atoms. The summed E-state index contributed by atoms with van der Waals surface area (Å²) in [6.45, 7) is 3.16. The number of hydrogen-bond donors (Lipinski definition) is 2. The molecule has 88 valence electrons. The van der Waals surface area contributed by atoms with Crippen LogP contribution in [0, 0.1) is 6.92 Å². The lowest BCUT2D eigenvalue weighted by Crippen LogP contribution is -2.23. The van der Waals surface area contributed by atoms with Gasteiger partial charge >= 0.3 is 0 Å². The molecular formula is C12H18N2S2. The Morgan fingerprint density at radius 2 is 2.31 bits per heavy atom. The van der Waals surface area contributed by atoms with E-state index in [-0.39, 0.29) is 0 Å². The minimum Gasteiger partial charge on any atom is -0.399 e. The first-order valence-electron chi connectivity index (χ1n) is 5.55. The number of thioether (sulfide) groups is 2. The van der Waals surface area contributed by atoms with E-state index in [9.17, 15) is 0 Å². The summed E-state index contributed by atoms with van der Waals surface area (Å²) in [5.74, 6) is 3.87. The maximum absolute atomic E-state index is 5.73. The first-order chi connectivity index (χ1) is 7.75. The van der Waals surface area contributed by atoms with Gasteiger partial charge in [0.2, 0.25) is 0 Å². The van der Waals surface area contributed by atoms with Crippen LogP contribution in [-0.4, -0.2) is 29.1 Å². The second-order valence-corrected chi connectivity index (χ2v) is 6.58. The molecule has 1 saturated heterocycles. The summed E-state index contributed by atoms with van der Waals surface area (Å²) in [7, 11) is 0. The second-order valence-electron chi connectivity index (χ2n) is 4.02. The third-order valence-corrected chi connectivity index (χ3v) is 5.50. The quantitative estimate of drug-likeness (QED) is 0.814. The molecule has 2 nitrogen and oxygen atoms in total. The zero-order valence-corrected chi connectivity index (χ0v) is 11.2. The topological polar surface area (TPSA) is 38.0 Å². The van der Waals surface area contributed by atoms with Crippen LogP contribution in [0.1, 0.15) is 5.56 Å². The lowest BCUT2D eigenvalue weighted by atomic mass is 10.2. The highest BCUT2D eigenvalue weighted by Crippen LogP contribution is 2.25. The maximum Gasteiger partial charge on any atom is 0.0371 e. The van der Waals surface area contributed by atoms with E-state index in [1.54, 1.807) is 0 Å². The Balaban J connectivity index is 1.88. The van der Waals surface area contributed by atoms with E-state index in [0.717, 1.165) is 17.5 Å². The number of nitrogens with two attached hydrogens (primary N) is 1. The van der Waals surface area contributed by atoms with Crippen LogP contribution in [0.15, 0.2) is 18.2 Å². The Morgan fingerprint density at radius 1 is 1.44 bits per heavy atom. The molecule has 1 aliphatic rings. The van der Waals surface area contributed by atoms with Crippen LogP contribution in [-0.2, 0) is 0 Å². The number of benzene rings is 1. The Hall–Kier alpha value is -0.480. The van der Waals surface area contributed by atoms with Gasteiger partial charge in [-0.15, -0.1) is 0 Å². The van der Waals surface area contributed by atoms with Gasteiger partial charge in [0.05, 0.1) is 0 Å². The van der Waals surface area contributed by atoms with Gasteiger partial charge < -0.3 is 11.1 Å². The number of aryl methyl sites for hydroxylation is 1. The highest BCUT2D eigenvalue weighted by atomic mass is 32.2. The highest BCUT2D eigenvalue weighted by Gasteiger charge is 2.13. The average molecular weight is 254 g/mol. The molecule has 3 N–H and O–H groups in total. The first kappa shape index (κ1) is 12.0. The molecular weight excluding hydrogens is 236 g/mol. The van der Waals surface area contributed by atoms with Crippen molar-refractivity contribution < 1.29 is 0 Å². The van der Waals surface area contributed by atoms with Crippen LogP contribution in [0.4, 0.5) is 11.4 Å². The minimum absolute atomic E-state index is 0.746. The molecule has 16 heavy (non-hydrogen) atoms. The molecule has 1 heterocycles. The maximum atomic E-state index is 5.73. The van der Waals surface area contributed by atoms with Gasteiger partial charge in [0.25, 0.3) is 0 Å². The number of rotatable bonds is 3. The van der Waals surface area contributed by atoms with Crippen molar-refractivity contribution in [2.75, 3.05) is 34.9 Å². The first-order valence-corrected chi connectivity index (χ1v) is 7.75. The molecule has 1 atom stereocenters. The fraction of sp³-hybridized carbons (Fsp3) is 0.500. The van der Waals surface area contributed by atoms with E-state index in [1.165, 1.54) is 28.5 Å². The lowest BCUT2D eigenvalue weighted by Gasteiger charge is -2.22. The molecule has 1 fully saturated rings. The summed E-state index contributed by atoms with van der Waals surface area (Å²) >= 11 is 4.15. The van der Waals surface area contributed by atoms with Gasteiger partial charge in [-0.05, 0) is 30.7 Å². The Kier molecular flexibility index (Phi) is 4.29. The Morgan fingerprint density at radius 3 is 3.00 bits per heavy atom. The Labute approximate surface area is 106 Å². The van der Waals surface area contributed by atoms with E-state index in [1.807, 2.05) is 12.1 Å². The van der Waals surface area contributed by atoms with Gasteiger partial charge in [-0.25, -0.2) is 0 Å². The summed E-state index contributed by atoms with van der Waals surface area (Å²) in [5, 5.41) is 4.27. The van der Waals surface area contributed by atoms with Crippen molar-refractivity contribution in [3.05, 3.63) is 23.8 Å². The molecule has 1 aromatic carbocycles. The number of nitrogens with one attached hydrogen (secondary N) is 1. The molecule has 1 aliphatic heterocycles. The molecule has 4 heteroatoms. The molecule has 1 aromatic rings. The monoisotopic (exact) mass is 254 g/mol. The molecule has 1 unspecified atom stereocenters. The fourth-order valence-electron chi connectivity index (χ4n) is 1.76. The van der Waals surface area contributed by atoms with Gasteiger partial charge in [0.1, 0.15) is 0 Å². The number of anilines is 2. The van der Waals surface area contributed by atoms with Crippen LogP contribution < -0.4 is 11.1 Å². The van der Waals surface area contributed by atoms with Crippen molar-refractivity contribution in [3.8, 4) is 0 Å². The highest BCUT2D eigenvalue weighted by molar-refractivity contribution is 8.06. The lowest BCUT2D eigenvalue weighted by molar-refractivity contribution is 1.00. The number of nitrogen functional groups attached to an aromatic ring is 1. The van der Waals surface area contributed by atoms with Gasteiger partial charge in [0, 0.05) is 40.4 Å². The predicted molar refractivity (Wildman–Crippen MR) is 77.7 cm³/mol. The molecule has 0 spiro atoms. The van der Waals surface area contributed by atoms with Crippen LogP contribution in [0.25, 0.3) is 0 Å². The van der Waals surface area contributed by atoms with E-state index >= 15 is 0 Å². The zero-order valence-electron chi connectivity index (χ0n) is 9.53. The van der Waals surface area contributed by atoms with E-state index < -0.39 is 0 Å². The molecule has 0 radical (unpaired) electrons. The summed E-state index contributed by atoms with van der Waals surface area (Å²) in [5.41, 5.74) is 9.01. The standard InChI is InChI=1S/C12H18N2S2/c1-9-6-10(13)2-3-12(9)14-7-11-8-15-4-5-16-11/h2-3,6,11,14H,4-5,7-8,13H2,1H3. The number of hydrogen-bond acceptors (Lipinski definition) is 4. The fourth-order valence-corrected chi connectivity index (χ4v) is 4.38. The summed E-state index contributed by atoms with van der Waals surface area (Å²) < 4.78 is 0. The van der Waals surface area contributed by atoms with Gasteiger partial charge in [-0.2, -0.15) is 23.5 Å². The van der Waals surface area contributed by atoms with Crippen molar-refractivity contribution in [3.63, 3.8) is 0 Å². The summed E-state index contributed by atoms with van der Waals surface area (Å²) in [6.07, 6.45) is 0. The Bertz CT molecular complexity index is 349.